The second kappa shape index (κ2) is 18.9. The number of rotatable bonds is 9. The van der Waals surface area contributed by atoms with Crippen molar-refractivity contribution in [2.24, 2.45) is 0 Å². The van der Waals surface area contributed by atoms with Crippen molar-refractivity contribution in [1.82, 2.24) is 19.5 Å². The van der Waals surface area contributed by atoms with Gasteiger partial charge in [0.15, 0.2) is 17.5 Å². The molecule has 0 unspecified atom stereocenters. The lowest BCUT2D eigenvalue weighted by molar-refractivity contribution is 0.669. The summed E-state index contributed by atoms with van der Waals surface area (Å²) in [6.45, 7) is 0. The van der Waals surface area contributed by atoms with Crippen molar-refractivity contribution in [2.45, 2.75) is 0 Å². The van der Waals surface area contributed by atoms with Crippen LogP contribution in [0, 0.1) is 0 Å². The Labute approximate surface area is 476 Å². The summed E-state index contributed by atoms with van der Waals surface area (Å²) in [5, 5.41) is 4.16. The van der Waals surface area contributed by atoms with Crippen LogP contribution in [0.15, 0.2) is 288 Å². The molecule has 0 aliphatic rings. The maximum absolute atomic E-state index is 9.34. The summed E-state index contributed by atoms with van der Waals surface area (Å²) in [7, 11) is 0. The summed E-state index contributed by atoms with van der Waals surface area (Å²) < 4.78 is 78.0. The topological polar surface area (TPSA) is 69.9 Å². The van der Waals surface area contributed by atoms with Gasteiger partial charge in [-0.15, -0.1) is 0 Å². The summed E-state index contributed by atoms with van der Waals surface area (Å²) in [5.41, 5.74) is 15.6. The van der Waals surface area contributed by atoms with Gasteiger partial charge in [0.25, 0.3) is 0 Å². The van der Waals surface area contributed by atoms with Crippen molar-refractivity contribution in [1.29, 1.82) is 0 Å². The number of hydrogen-bond donors (Lipinski definition) is 0. The number of hydrogen-bond acceptors (Lipinski definition) is 5. The highest BCUT2D eigenvalue weighted by Crippen LogP contribution is 2.42. The maximum Gasteiger partial charge on any atom is 0.166 e. The van der Waals surface area contributed by atoms with Crippen LogP contribution in [0.1, 0.15) is 9.60 Å². The Bertz CT molecular complexity index is 5580. The van der Waals surface area contributed by atoms with Crippen LogP contribution < -0.4 is 0 Å². The summed E-state index contributed by atoms with van der Waals surface area (Å²) in [4.78, 5) is 15.8. The van der Waals surface area contributed by atoms with Gasteiger partial charge in [0, 0.05) is 60.1 Å². The third kappa shape index (κ3) is 7.91. The monoisotopic (exact) mass is 1040 g/mol. The van der Waals surface area contributed by atoms with Gasteiger partial charge in [-0.1, -0.05) is 212 Å². The fourth-order valence-corrected chi connectivity index (χ4v) is 11.5. The molecule has 6 nitrogen and oxygen atoms in total. The van der Waals surface area contributed by atoms with Gasteiger partial charge < -0.3 is 13.4 Å². The summed E-state index contributed by atoms with van der Waals surface area (Å²) >= 11 is 0. The minimum Gasteiger partial charge on any atom is -0.455 e. The van der Waals surface area contributed by atoms with Gasteiger partial charge in [-0.25, -0.2) is 15.0 Å². The number of fused-ring (bicyclic) bond motifs is 9. The van der Waals surface area contributed by atoms with E-state index in [9.17, 15) is 2.74 Å². The van der Waals surface area contributed by atoms with Crippen LogP contribution in [-0.2, 0) is 0 Å². The van der Waals surface area contributed by atoms with Gasteiger partial charge in [-0.2, -0.15) is 0 Å². The molecule has 81 heavy (non-hydrogen) atoms. The zero-order valence-electron chi connectivity index (χ0n) is 50.1. The SMILES string of the molecule is [2H]c1cc([2H])c2c(c1[2H])c1c([2H])c([2H])c([2H])c([2H])c1n2-c1ccccc1-c1nc(-c2cccc(-c3cccc(-c4cccc(-c5ccccc5)c4)c3)c2)nc(-c2cccc(-c3cccc4c3oc3ccc(-c5cccc6c5oc5ccccc56)cc34)c2)n1. The van der Waals surface area contributed by atoms with Crippen LogP contribution in [0.25, 0.3) is 161 Å². The van der Waals surface area contributed by atoms with Crippen LogP contribution in [0.2, 0.25) is 0 Å². The normalized spacial score (nSPS) is 12.9. The highest BCUT2D eigenvalue weighted by molar-refractivity contribution is 6.14. The average Bonchev–Trinajstić information content (AvgIpc) is 1.62. The fraction of sp³-hybridized carbons (Fsp3) is 0. The van der Waals surface area contributed by atoms with E-state index in [0.717, 1.165) is 99.5 Å². The van der Waals surface area contributed by atoms with Crippen LogP contribution in [0.4, 0.5) is 0 Å². The molecular formula is C75H46N4O2. The van der Waals surface area contributed by atoms with Gasteiger partial charge in [0.05, 0.1) is 26.3 Å². The largest absolute Gasteiger partial charge is 0.455 e. The summed E-state index contributed by atoms with van der Waals surface area (Å²) in [6, 6.07) is 76.5. The molecule has 0 amide bonds. The van der Waals surface area contributed by atoms with E-state index < -0.39 is 12.1 Å². The standard InChI is InChI=1S/C75H46N4O2/c1-2-18-47(19-3-1)48-20-12-21-49(42-48)50-22-13-23-51(43-50)52-24-14-26-55(44-52)73-76-74(78-75(77-73)64-31-6-10-38-68(64)79-66-36-8-4-28-59(66)60-29-5-9-37-67(60)79)56-27-15-25-53(45-56)57-32-17-35-63-65-46-54(40-41-70(65)81-72(57)63)58-33-16-34-62-61-30-7-11-39-69(61)80-71(58)62/h1-46H/i4D,5D,8D,28D,29D,36D,37D. The van der Waals surface area contributed by atoms with Crippen molar-refractivity contribution in [3.05, 3.63) is 279 Å². The minimum atomic E-state index is -0.481. The summed E-state index contributed by atoms with van der Waals surface area (Å²) in [5.74, 6) is 0.951. The molecule has 16 aromatic rings. The van der Waals surface area contributed by atoms with Crippen molar-refractivity contribution >= 4 is 65.7 Å². The van der Waals surface area contributed by atoms with E-state index >= 15 is 0 Å². The maximum atomic E-state index is 9.34. The van der Waals surface area contributed by atoms with Crippen molar-refractivity contribution in [3.8, 4) is 95.5 Å². The van der Waals surface area contributed by atoms with E-state index in [-0.39, 0.29) is 57.8 Å². The first-order valence-corrected chi connectivity index (χ1v) is 26.7. The molecule has 0 bridgehead atoms. The molecule has 0 aliphatic heterocycles. The predicted molar refractivity (Wildman–Crippen MR) is 332 cm³/mol. The number of furan rings is 2. The molecule has 0 fully saturated rings. The Balaban J connectivity index is 0.858. The average molecular weight is 1040 g/mol. The van der Waals surface area contributed by atoms with E-state index in [1.165, 1.54) is 6.07 Å². The first kappa shape index (κ1) is 39.4. The van der Waals surface area contributed by atoms with Gasteiger partial charge in [-0.05, 0) is 111 Å². The van der Waals surface area contributed by atoms with Crippen LogP contribution in [0.3, 0.4) is 0 Å². The smallest absolute Gasteiger partial charge is 0.166 e. The molecule has 6 heteroatoms. The molecule has 16 rings (SSSR count). The predicted octanol–water partition coefficient (Wildman–Crippen LogP) is 20.1. The van der Waals surface area contributed by atoms with Gasteiger partial charge in [-0.3, -0.25) is 0 Å². The molecule has 0 atom stereocenters. The molecule has 378 valence electrons. The van der Waals surface area contributed by atoms with Crippen molar-refractivity contribution in [2.75, 3.05) is 0 Å². The lowest BCUT2D eigenvalue weighted by Gasteiger charge is -2.15. The molecule has 4 heterocycles. The second-order valence-corrected chi connectivity index (χ2v) is 20.1. The molecule has 12 aromatic carbocycles. The Kier molecular flexibility index (Phi) is 9.20. The molecular weight excluding hydrogens is 989 g/mol. The fourth-order valence-electron chi connectivity index (χ4n) is 11.5. The molecule has 0 aliphatic carbocycles. The molecule has 0 saturated carbocycles. The number of para-hydroxylation sites is 6. The van der Waals surface area contributed by atoms with Crippen molar-refractivity contribution in [3.63, 3.8) is 0 Å². The van der Waals surface area contributed by atoms with E-state index in [1.807, 2.05) is 103 Å². The van der Waals surface area contributed by atoms with Gasteiger partial charge >= 0.3 is 0 Å². The van der Waals surface area contributed by atoms with E-state index in [2.05, 4.69) is 115 Å². The molecule has 0 saturated heterocycles. The Morgan fingerprint density at radius 3 is 1.44 bits per heavy atom. The third-order valence-electron chi connectivity index (χ3n) is 15.4. The summed E-state index contributed by atoms with van der Waals surface area (Å²) in [6.07, 6.45) is 0. The van der Waals surface area contributed by atoms with Crippen LogP contribution in [0.5, 0.6) is 0 Å². The molecule has 0 spiro atoms. The van der Waals surface area contributed by atoms with Crippen molar-refractivity contribution < 1.29 is 18.4 Å². The molecule has 0 N–H and O–H groups in total. The Morgan fingerprint density at radius 2 is 0.741 bits per heavy atom. The molecule has 4 aromatic heterocycles. The van der Waals surface area contributed by atoms with Crippen LogP contribution in [-0.4, -0.2) is 19.5 Å². The van der Waals surface area contributed by atoms with Gasteiger partial charge in [0.2, 0.25) is 0 Å². The molecule has 0 radical (unpaired) electrons. The van der Waals surface area contributed by atoms with E-state index in [1.54, 1.807) is 16.7 Å². The number of nitrogens with zero attached hydrogens (tertiary/aromatic N) is 4. The lowest BCUT2D eigenvalue weighted by Crippen LogP contribution is -2.03. The first-order chi connectivity index (χ1) is 43.0. The van der Waals surface area contributed by atoms with E-state index in [0.29, 0.717) is 34.0 Å². The van der Waals surface area contributed by atoms with E-state index in [4.69, 9.17) is 30.6 Å². The zero-order chi connectivity index (χ0) is 59.5. The van der Waals surface area contributed by atoms with Gasteiger partial charge in [0.1, 0.15) is 22.3 Å². The van der Waals surface area contributed by atoms with Crippen LogP contribution >= 0.6 is 0 Å². The lowest BCUT2D eigenvalue weighted by atomic mass is 9.95. The highest BCUT2D eigenvalue weighted by atomic mass is 16.3. The Morgan fingerprint density at radius 1 is 0.284 bits per heavy atom. The first-order valence-electron chi connectivity index (χ1n) is 30.2. The highest BCUT2D eigenvalue weighted by Gasteiger charge is 2.21. The third-order valence-corrected chi connectivity index (χ3v) is 15.4. The number of aromatic nitrogens is 4. The quantitative estimate of drug-likeness (QED) is 0.144. The minimum absolute atomic E-state index is 0.0437. The second-order valence-electron chi connectivity index (χ2n) is 20.1. The Hall–Kier alpha value is -11.0. The zero-order valence-corrected chi connectivity index (χ0v) is 43.1. The number of benzene rings is 12.